The number of carbonyl (C=O) groups is 1. The minimum atomic E-state index is 0.187. The molecule has 1 aromatic heterocycles. The van der Waals surface area contributed by atoms with Crippen molar-refractivity contribution in [1.82, 2.24) is 4.98 Å². The van der Waals surface area contributed by atoms with Crippen molar-refractivity contribution in [1.29, 1.82) is 0 Å². The average Bonchev–Trinajstić information content (AvgIpc) is 2.76. The van der Waals surface area contributed by atoms with Crippen molar-refractivity contribution in [3.63, 3.8) is 0 Å². The van der Waals surface area contributed by atoms with Crippen molar-refractivity contribution in [3.05, 3.63) is 29.5 Å². The molecule has 2 rings (SSSR count). The van der Waals surface area contributed by atoms with Gasteiger partial charge in [-0.3, -0.25) is 4.79 Å². The van der Waals surface area contributed by atoms with Gasteiger partial charge in [0.15, 0.2) is 5.78 Å². The standard InChI is InChI=1S/C15H19NO2/c1-4-12-15(14(17)5-2)11-9-10(18-6-3)7-8-13(11)16-12/h7-9,16H,4-6H2,1-3H3. The Bertz CT molecular complexity index is 569. The number of Topliss-reactive ketones (excluding diaryl/α,β-unsaturated/α-hetero) is 1. The summed E-state index contributed by atoms with van der Waals surface area (Å²) >= 11 is 0. The fourth-order valence-electron chi connectivity index (χ4n) is 2.24. The van der Waals surface area contributed by atoms with Crippen LogP contribution in [-0.2, 0) is 6.42 Å². The molecule has 1 aromatic carbocycles. The lowest BCUT2D eigenvalue weighted by Crippen LogP contribution is -2.00. The molecule has 0 fully saturated rings. The minimum absolute atomic E-state index is 0.187. The van der Waals surface area contributed by atoms with Crippen LogP contribution in [0.2, 0.25) is 0 Å². The van der Waals surface area contributed by atoms with Crippen LogP contribution in [-0.4, -0.2) is 17.4 Å². The molecule has 1 heterocycles. The van der Waals surface area contributed by atoms with Gasteiger partial charge in [-0.25, -0.2) is 0 Å². The molecule has 0 amide bonds. The molecule has 3 heteroatoms. The van der Waals surface area contributed by atoms with E-state index in [4.69, 9.17) is 4.74 Å². The van der Waals surface area contributed by atoms with E-state index in [1.54, 1.807) is 0 Å². The third-order valence-corrected chi connectivity index (χ3v) is 3.11. The van der Waals surface area contributed by atoms with Crippen LogP contribution in [0.3, 0.4) is 0 Å². The molecule has 0 aliphatic rings. The van der Waals surface area contributed by atoms with Gasteiger partial charge in [0, 0.05) is 28.6 Å². The highest BCUT2D eigenvalue weighted by molar-refractivity contribution is 6.09. The molecule has 0 aliphatic heterocycles. The first-order chi connectivity index (χ1) is 8.71. The van der Waals surface area contributed by atoms with Gasteiger partial charge in [0.05, 0.1) is 6.61 Å². The maximum Gasteiger partial charge on any atom is 0.165 e. The summed E-state index contributed by atoms with van der Waals surface area (Å²) in [6.07, 6.45) is 1.36. The number of nitrogens with one attached hydrogen (secondary N) is 1. The Kier molecular flexibility index (Phi) is 3.70. The van der Waals surface area contributed by atoms with Gasteiger partial charge in [0.1, 0.15) is 5.75 Å². The van der Waals surface area contributed by atoms with E-state index in [2.05, 4.69) is 11.9 Å². The SMILES string of the molecule is CCOc1ccc2[nH]c(CC)c(C(=O)CC)c2c1. The summed E-state index contributed by atoms with van der Waals surface area (Å²) in [7, 11) is 0. The maximum atomic E-state index is 12.1. The quantitative estimate of drug-likeness (QED) is 0.816. The number of H-pyrrole nitrogens is 1. The Hall–Kier alpha value is -1.77. The van der Waals surface area contributed by atoms with Crippen molar-refractivity contribution >= 4 is 16.7 Å². The number of rotatable bonds is 5. The Morgan fingerprint density at radius 3 is 2.67 bits per heavy atom. The van der Waals surface area contributed by atoms with Crippen LogP contribution < -0.4 is 4.74 Å². The summed E-state index contributed by atoms with van der Waals surface area (Å²) in [5.74, 6) is 1.00. The molecule has 1 N–H and O–H groups in total. The second-order valence-electron chi connectivity index (χ2n) is 4.25. The van der Waals surface area contributed by atoms with Gasteiger partial charge in [-0.05, 0) is 31.5 Å². The molecule has 0 bridgehead atoms. The fourth-order valence-corrected chi connectivity index (χ4v) is 2.24. The molecule has 0 atom stereocenters. The van der Waals surface area contributed by atoms with Crippen molar-refractivity contribution < 1.29 is 9.53 Å². The largest absolute Gasteiger partial charge is 0.494 e. The number of ketones is 1. The summed E-state index contributed by atoms with van der Waals surface area (Å²) in [6, 6.07) is 5.87. The Balaban J connectivity index is 2.62. The molecule has 0 unspecified atom stereocenters. The number of carbonyl (C=O) groups excluding carboxylic acids is 1. The van der Waals surface area contributed by atoms with Crippen LogP contribution >= 0.6 is 0 Å². The smallest absolute Gasteiger partial charge is 0.165 e. The van der Waals surface area contributed by atoms with E-state index in [1.165, 1.54) is 0 Å². The van der Waals surface area contributed by atoms with Gasteiger partial charge in [0.2, 0.25) is 0 Å². The van der Waals surface area contributed by atoms with Gasteiger partial charge >= 0.3 is 0 Å². The van der Waals surface area contributed by atoms with Crippen molar-refractivity contribution in [2.45, 2.75) is 33.6 Å². The Morgan fingerprint density at radius 2 is 2.06 bits per heavy atom. The van der Waals surface area contributed by atoms with Crippen molar-refractivity contribution in [2.24, 2.45) is 0 Å². The van der Waals surface area contributed by atoms with E-state index in [9.17, 15) is 4.79 Å². The lowest BCUT2D eigenvalue weighted by atomic mass is 10.0. The molecular weight excluding hydrogens is 226 g/mol. The van der Waals surface area contributed by atoms with Gasteiger partial charge in [-0.2, -0.15) is 0 Å². The molecular formula is C15H19NO2. The molecule has 0 spiro atoms. The van der Waals surface area contributed by atoms with Gasteiger partial charge < -0.3 is 9.72 Å². The predicted molar refractivity (Wildman–Crippen MR) is 73.5 cm³/mol. The van der Waals surface area contributed by atoms with E-state index in [1.807, 2.05) is 32.0 Å². The number of fused-ring (bicyclic) bond motifs is 1. The molecule has 0 saturated heterocycles. The van der Waals surface area contributed by atoms with E-state index < -0.39 is 0 Å². The normalized spacial score (nSPS) is 10.8. The number of aryl methyl sites for hydroxylation is 1. The van der Waals surface area contributed by atoms with Crippen LogP contribution in [0.25, 0.3) is 10.9 Å². The number of aromatic nitrogens is 1. The van der Waals surface area contributed by atoms with Crippen molar-refractivity contribution in [3.8, 4) is 5.75 Å². The van der Waals surface area contributed by atoms with Crippen LogP contribution in [0.4, 0.5) is 0 Å². The number of aromatic amines is 1. The summed E-state index contributed by atoms with van der Waals surface area (Å²) in [4.78, 5) is 15.4. The Morgan fingerprint density at radius 1 is 1.28 bits per heavy atom. The Labute approximate surface area is 107 Å². The summed E-state index contributed by atoms with van der Waals surface area (Å²) in [5.41, 5.74) is 2.86. The summed E-state index contributed by atoms with van der Waals surface area (Å²) in [5, 5.41) is 0.977. The summed E-state index contributed by atoms with van der Waals surface area (Å²) in [6.45, 7) is 6.54. The lowest BCUT2D eigenvalue weighted by molar-refractivity contribution is 0.0989. The fraction of sp³-hybridized carbons (Fsp3) is 0.400. The van der Waals surface area contributed by atoms with E-state index in [0.717, 1.165) is 34.3 Å². The lowest BCUT2D eigenvalue weighted by Gasteiger charge is -2.03. The van der Waals surface area contributed by atoms with Gasteiger partial charge in [0.25, 0.3) is 0 Å². The minimum Gasteiger partial charge on any atom is -0.494 e. The van der Waals surface area contributed by atoms with Crippen LogP contribution in [0.15, 0.2) is 18.2 Å². The highest BCUT2D eigenvalue weighted by Gasteiger charge is 2.16. The van der Waals surface area contributed by atoms with Gasteiger partial charge in [-0.1, -0.05) is 13.8 Å². The first-order valence-corrected chi connectivity index (χ1v) is 6.51. The molecule has 0 saturated carbocycles. The molecule has 3 nitrogen and oxygen atoms in total. The number of hydrogen-bond donors (Lipinski definition) is 1. The number of ether oxygens (including phenoxy) is 1. The zero-order valence-corrected chi connectivity index (χ0v) is 11.2. The first-order valence-electron chi connectivity index (χ1n) is 6.51. The predicted octanol–water partition coefficient (Wildman–Crippen LogP) is 3.72. The number of benzene rings is 1. The topological polar surface area (TPSA) is 42.1 Å². The number of hydrogen-bond acceptors (Lipinski definition) is 2. The van der Waals surface area contributed by atoms with Crippen LogP contribution in [0.5, 0.6) is 5.75 Å². The third-order valence-electron chi connectivity index (χ3n) is 3.11. The van der Waals surface area contributed by atoms with Crippen molar-refractivity contribution in [2.75, 3.05) is 6.61 Å². The molecule has 96 valence electrons. The maximum absolute atomic E-state index is 12.1. The highest BCUT2D eigenvalue weighted by atomic mass is 16.5. The highest BCUT2D eigenvalue weighted by Crippen LogP contribution is 2.28. The third kappa shape index (κ3) is 2.13. The molecule has 18 heavy (non-hydrogen) atoms. The second-order valence-corrected chi connectivity index (χ2v) is 4.25. The van der Waals surface area contributed by atoms with Gasteiger partial charge in [-0.15, -0.1) is 0 Å². The van der Waals surface area contributed by atoms with Crippen LogP contribution in [0, 0.1) is 0 Å². The molecule has 0 aliphatic carbocycles. The van der Waals surface area contributed by atoms with E-state index in [0.29, 0.717) is 13.0 Å². The summed E-state index contributed by atoms with van der Waals surface area (Å²) < 4.78 is 5.50. The van der Waals surface area contributed by atoms with E-state index in [-0.39, 0.29) is 5.78 Å². The monoisotopic (exact) mass is 245 g/mol. The average molecular weight is 245 g/mol. The molecule has 2 aromatic rings. The molecule has 0 radical (unpaired) electrons. The second kappa shape index (κ2) is 5.25. The van der Waals surface area contributed by atoms with Crippen LogP contribution in [0.1, 0.15) is 43.2 Å². The zero-order chi connectivity index (χ0) is 13.1. The zero-order valence-electron chi connectivity index (χ0n) is 11.2. The first kappa shape index (κ1) is 12.7. The van der Waals surface area contributed by atoms with E-state index >= 15 is 0 Å².